The van der Waals surface area contributed by atoms with Crippen LogP contribution in [0, 0.1) is 0 Å². The molecule has 117 heavy (non-hydrogen) atoms. The van der Waals surface area contributed by atoms with Crippen molar-refractivity contribution in [2.24, 2.45) is 20.4 Å². The smallest absolute Gasteiger partial charge is 0.507 e. The van der Waals surface area contributed by atoms with Crippen molar-refractivity contribution in [1.82, 2.24) is 61.6 Å². The molecule has 0 fully saturated rings. The van der Waals surface area contributed by atoms with Crippen molar-refractivity contribution in [3.63, 3.8) is 0 Å². The molecule has 17 rings (SSSR count). The number of aromatic hydroxyl groups is 4. The van der Waals surface area contributed by atoms with E-state index in [1.54, 1.807) is 218 Å². The number of amides is 4. The van der Waals surface area contributed by atoms with E-state index in [4.69, 9.17) is 58.8 Å². The van der Waals surface area contributed by atoms with Crippen LogP contribution in [0.5, 0.6) is 69.0 Å². The third-order valence-corrected chi connectivity index (χ3v) is 18.3. The van der Waals surface area contributed by atoms with Gasteiger partial charge in [-0.1, -0.05) is 146 Å². The first-order valence-corrected chi connectivity index (χ1v) is 35.6. The number of benzene rings is 12. The number of nitrogens with zero attached hydrogens (tertiary/aromatic N) is 12. The third-order valence-electron chi connectivity index (χ3n) is 18.3. The van der Waals surface area contributed by atoms with E-state index in [9.17, 15) is 39.6 Å². The molecule has 562 valence electrons. The number of nitrogens with one attached hydrogen (secondary N) is 4. The maximum absolute atomic E-state index is 13.2. The molecule has 8 N–H and O–H groups in total. The zero-order valence-corrected chi connectivity index (χ0v) is 63.8. The second kappa shape index (κ2) is 32.9. The average Bonchev–Trinajstić information content (AvgIpc) is 1.58. The summed E-state index contributed by atoms with van der Waals surface area (Å²) < 4.78 is 27.7. The van der Waals surface area contributed by atoms with Gasteiger partial charge in [0.2, 0.25) is 0 Å². The number of rotatable bonds is 20. The number of carbonyl (C=O) groups excluding carboxylic acids is 4. The van der Waals surface area contributed by atoms with Crippen LogP contribution in [0.4, 0.5) is 0 Å². The molecule has 15 aromatic rings. The topological polar surface area (TPSA) is 389 Å². The van der Waals surface area contributed by atoms with E-state index in [2.05, 4.69) is 42.1 Å². The number of ether oxygens (including phenoxy) is 4. The number of hydrazone groups is 4. The monoisotopic (exact) mass is 1590 g/mol. The molecule has 28 nitrogen and oxygen atoms in total. The molecular weight excluding hydrogens is 1540 g/mol. The average molecular weight is 1590 g/mol. The van der Waals surface area contributed by atoms with Gasteiger partial charge < -0.3 is 69.3 Å². The predicted octanol–water partition coefficient (Wildman–Crippen LogP) is 15.2. The summed E-state index contributed by atoms with van der Waals surface area (Å²) in [5, 5.41) is 60.3. The van der Waals surface area contributed by atoms with E-state index in [-0.39, 0.29) is 151 Å². The van der Waals surface area contributed by atoms with Gasteiger partial charge in [-0.05, 0) is 132 Å². The fourth-order valence-electron chi connectivity index (χ4n) is 12.8. The molecule has 3 aromatic heterocycles. The number of carbonyl (C=O) groups is 4. The Hall–Kier alpha value is -16.4. The number of para-hydroxylation sites is 8. The van der Waals surface area contributed by atoms with E-state index < -0.39 is 23.6 Å². The maximum atomic E-state index is 13.2. The van der Waals surface area contributed by atoms with Crippen LogP contribution in [0.2, 0.25) is 0 Å². The molecule has 0 saturated carbocycles. The van der Waals surface area contributed by atoms with Gasteiger partial charge in [0, 0.05) is 66.7 Å². The molecule has 0 radical (unpaired) electrons. The van der Waals surface area contributed by atoms with Gasteiger partial charge in [-0.2, -0.15) is 20.4 Å². The predicted molar refractivity (Wildman–Crippen MR) is 433 cm³/mol. The Morgan fingerprint density at radius 3 is 0.872 bits per heavy atom. The molecular formula is C88H56N16O12Zn. The maximum Gasteiger partial charge on any atom is 2.00 e. The summed E-state index contributed by atoms with van der Waals surface area (Å²) >= 11 is 0. The van der Waals surface area contributed by atoms with Gasteiger partial charge in [0.15, 0.2) is 0 Å². The number of aromatic nitrogens is 8. The summed E-state index contributed by atoms with van der Waals surface area (Å²) in [4.78, 5) is 95.3. The summed E-state index contributed by atoms with van der Waals surface area (Å²) in [6, 6.07) is 73.4. The van der Waals surface area contributed by atoms with Gasteiger partial charge >= 0.3 is 19.5 Å². The van der Waals surface area contributed by atoms with Crippen LogP contribution < -0.4 is 50.6 Å². The fourth-order valence-corrected chi connectivity index (χ4v) is 12.8. The van der Waals surface area contributed by atoms with E-state index in [1.807, 2.05) is 0 Å². The molecule has 0 saturated heterocycles. The van der Waals surface area contributed by atoms with Gasteiger partial charge in [0.05, 0.1) is 81.5 Å². The molecule has 0 aliphatic carbocycles. The Labute approximate surface area is 674 Å². The minimum absolute atomic E-state index is 0. The largest absolute Gasteiger partial charge is 2.00 e. The molecule has 8 bridgehead atoms. The molecule has 0 unspecified atom stereocenters. The zero-order valence-electron chi connectivity index (χ0n) is 60.8. The first kappa shape index (κ1) is 74.7. The van der Waals surface area contributed by atoms with E-state index in [0.29, 0.717) is 71.8 Å². The second-order valence-corrected chi connectivity index (χ2v) is 25.6. The number of phenolic OH excluding ortho intramolecular Hbond substituents is 4. The van der Waals surface area contributed by atoms with Crippen LogP contribution in [0.1, 0.15) is 63.7 Å². The Bertz CT molecular complexity index is 6830. The van der Waals surface area contributed by atoms with Crippen molar-refractivity contribution in [2.45, 2.75) is 0 Å². The van der Waals surface area contributed by atoms with Gasteiger partial charge in [0.1, 0.15) is 69.0 Å². The number of hydrogen-bond donors (Lipinski definition) is 8. The van der Waals surface area contributed by atoms with Crippen molar-refractivity contribution in [3.8, 4) is 115 Å². The van der Waals surface area contributed by atoms with Crippen molar-refractivity contribution in [3.05, 3.63) is 311 Å². The van der Waals surface area contributed by atoms with Gasteiger partial charge in [0.25, 0.3) is 23.6 Å². The summed E-state index contributed by atoms with van der Waals surface area (Å²) in [5.41, 5.74) is 13.6. The minimum atomic E-state index is -0.657. The Morgan fingerprint density at radius 2 is 0.538 bits per heavy atom. The van der Waals surface area contributed by atoms with Crippen LogP contribution in [0.25, 0.3) is 89.7 Å². The summed E-state index contributed by atoms with van der Waals surface area (Å²) in [7, 11) is 0. The molecule has 0 atom stereocenters. The second-order valence-electron chi connectivity index (χ2n) is 25.6. The SMILES string of the molecule is O=C(N/N=C\c1ccccc1Oc1cccc2c1-c1nc-2nc2[n-]c(nc3nc(nc4[n-]c(n1)c1c(Oc5ccccc5/C=N/NC(=O)c5ccccc5O)cccc41)-c1c(Oc4ccccc4/C=N/NC(=O)c4ccccc4O)cccc1-3)c1c(Oc3ccccc3/C=N/NC(=O)c3ccccc3O)cccc21)c1ccccc1O.[Zn+2]. The van der Waals surface area contributed by atoms with E-state index in [1.165, 1.54) is 73.4 Å². The molecule has 29 heteroatoms. The Balaban J connectivity index is 0.0000102. The Morgan fingerprint density at radius 1 is 0.282 bits per heavy atom. The molecule has 4 amide bonds. The summed E-state index contributed by atoms with van der Waals surface area (Å²) in [5.74, 6) is -1.10. The molecule has 5 heterocycles. The molecule has 2 aliphatic rings. The van der Waals surface area contributed by atoms with Crippen molar-refractivity contribution in [1.29, 1.82) is 0 Å². The van der Waals surface area contributed by atoms with Crippen molar-refractivity contribution in [2.75, 3.05) is 0 Å². The number of phenols is 4. The fraction of sp³-hybridized carbons (Fsp3) is 0. The summed E-state index contributed by atoms with van der Waals surface area (Å²) in [6.45, 7) is 0. The number of hydrogen-bond acceptors (Lipinski definition) is 22. The van der Waals surface area contributed by atoms with Gasteiger partial charge in [-0.15, -0.1) is 0 Å². The normalized spacial score (nSPS) is 11.5. The van der Waals surface area contributed by atoms with Crippen LogP contribution in [0.3, 0.4) is 0 Å². The summed E-state index contributed by atoms with van der Waals surface area (Å²) in [6.07, 6.45) is 5.61. The van der Waals surface area contributed by atoms with Crippen LogP contribution in [-0.2, 0) is 19.5 Å². The first-order chi connectivity index (χ1) is 56.8. The van der Waals surface area contributed by atoms with Gasteiger partial charge in [-0.3, -0.25) is 19.2 Å². The molecule has 12 aromatic carbocycles. The van der Waals surface area contributed by atoms with Crippen LogP contribution >= 0.6 is 0 Å². The third kappa shape index (κ3) is 15.5. The van der Waals surface area contributed by atoms with E-state index >= 15 is 0 Å². The van der Waals surface area contributed by atoms with Gasteiger partial charge in [-0.25, -0.2) is 31.7 Å². The van der Waals surface area contributed by atoms with Crippen molar-refractivity contribution >= 4 is 92.6 Å². The van der Waals surface area contributed by atoms with Crippen molar-refractivity contribution < 1.29 is 78.0 Å². The first-order valence-electron chi connectivity index (χ1n) is 35.6. The van der Waals surface area contributed by atoms with Crippen LogP contribution in [0.15, 0.2) is 287 Å². The number of fused-ring (bicyclic) bond motifs is 20. The van der Waals surface area contributed by atoms with E-state index in [0.717, 1.165) is 0 Å². The molecule has 0 spiro atoms. The standard InChI is InChI=1S/C88H58N16O12.Zn/c105-61-33-9-5-25-53(61)85(109)101-89-45-49-21-1-13-37-65(49)113-69-41-17-29-57-73(69)81-94-77(57)93-78-58-30-18-43-71(115-67-39-15-3-23-51(67)47-91-103-87(111)55-27-7-11-35-63(55)107)75(58)83(95-78)100-84-76-60(32-20-44-72(76)116-68-40-16-4-24-52(68)48-92-104-88(112)56-28-8-12-36-64(56)108)80(99-84)98-82-74-59(79(96-81)97-82)31-19-42-70(74)114-66-38-14-2-22-50(66)46-90-102-86(110)54-26-6-10-34-62(54)106;/h1-48H,(H10,93,94,95,96,97,98,99,100,101,102,103,104,105,106,107,108,109,110,111,112);/q;+2/p-2/b89-45+,90-46+,91-47-,92-48+;. The Kier molecular flexibility index (Phi) is 21.0. The quantitative estimate of drug-likeness (QED) is 0.0200. The zero-order chi connectivity index (χ0) is 79.2. The molecule has 2 aliphatic heterocycles. The van der Waals surface area contributed by atoms with Crippen LogP contribution in [-0.4, -0.2) is 98.8 Å². The minimum Gasteiger partial charge on any atom is -0.507 e.